The summed E-state index contributed by atoms with van der Waals surface area (Å²) in [6, 6.07) is 13.8. The number of halogens is 3. The average Bonchev–Trinajstić information content (AvgIpc) is 2.78. The van der Waals surface area contributed by atoms with Gasteiger partial charge in [0.05, 0.1) is 22.5 Å². The summed E-state index contributed by atoms with van der Waals surface area (Å²) < 4.78 is 43.9. The minimum Gasteiger partial charge on any atom is -0.424 e. The van der Waals surface area contributed by atoms with E-state index in [4.69, 9.17) is 4.74 Å². The highest BCUT2D eigenvalue weighted by atomic mass is 19.4. The van der Waals surface area contributed by atoms with E-state index in [9.17, 15) is 27.6 Å². The van der Waals surface area contributed by atoms with Gasteiger partial charge >= 0.3 is 12.1 Å². The molecule has 34 heavy (non-hydrogen) atoms. The summed E-state index contributed by atoms with van der Waals surface area (Å²) in [6.45, 7) is 1.23. The largest absolute Gasteiger partial charge is 0.424 e. The fraction of sp³-hybridized carbons (Fsp3) is 0.160. The Bertz CT molecular complexity index is 1240. The van der Waals surface area contributed by atoms with Crippen molar-refractivity contribution in [1.82, 2.24) is 0 Å². The molecule has 0 aliphatic rings. The van der Waals surface area contributed by atoms with Gasteiger partial charge in [-0.3, -0.25) is 14.4 Å². The highest BCUT2D eigenvalue weighted by Gasteiger charge is 2.30. The first-order valence-electron chi connectivity index (χ1n) is 10.1. The van der Waals surface area contributed by atoms with Gasteiger partial charge in [-0.25, -0.2) is 0 Å². The molecule has 0 unspecified atom stereocenters. The van der Waals surface area contributed by atoms with Crippen LogP contribution in [-0.4, -0.2) is 32.3 Å². The number of carbonyl (C=O) groups excluding carboxylic acids is 3. The van der Waals surface area contributed by atoms with Crippen molar-refractivity contribution in [3.63, 3.8) is 0 Å². The van der Waals surface area contributed by atoms with Gasteiger partial charge in [0.1, 0.15) is 0 Å². The predicted molar refractivity (Wildman–Crippen MR) is 122 cm³/mol. The monoisotopic (exact) mass is 470 g/mol. The predicted octanol–water partition coefficient (Wildman–Crippen LogP) is 5.43. The van der Waals surface area contributed by atoms with Crippen LogP contribution >= 0.6 is 0 Å². The Labute approximate surface area is 194 Å². The summed E-state index contributed by atoms with van der Waals surface area (Å²) >= 11 is 0. The smallest absolute Gasteiger partial charge is 0.416 e. The summed E-state index contributed by atoms with van der Waals surface area (Å²) in [6.07, 6.45) is -3.93. The summed E-state index contributed by atoms with van der Waals surface area (Å²) in [7, 11) is 3.31. The van der Waals surface area contributed by atoms with Crippen LogP contribution in [0.15, 0.2) is 60.7 Å². The lowest BCUT2D eigenvalue weighted by molar-refractivity contribution is -0.137. The van der Waals surface area contributed by atoms with Crippen LogP contribution < -0.4 is 15.0 Å². The Hall–Kier alpha value is -4.14. The van der Waals surface area contributed by atoms with Gasteiger partial charge in [0.15, 0.2) is 12.0 Å². The lowest BCUT2D eigenvalue weighted by Gasteiger charge is -2.21. The van der Waals surface area contributed by atoms with Crippen LogP contribution in [0.5, 0.6) is 5.75 Å². The number of nitrogens with zero attached hydrogens (tertiary/aromatic N) is 1. The van der Waals surface area contributed by atoms with Crippen molar-refractivity contribution in [2.45, 2.75) is 13.1 Å². The Balaban J connectivity index is 1.99. The third-order valence-electron chi connectivity index (χ3n) is 4.94. The minimum absolute atomic E-state index is 0.101. The number of rotatable bonds is 6. The number of ether oxygens (including phenoxy) is 1. The van der Waals surface area contributed by atoms with Crippen LogP contribution in [0, 0.1) is 0 Å². The van der Waals surface area contributed by atoms with Crippen molar-refractivity contribution in [3.8, 4) is 16.9 Å². The van der Waals surface area contributed by atoms with Crippen molar-refractivity contribution >= 4 is 29.5 Å². The molecule has 0 saturated heterocycles. The van der Waals surface area contributed by atoms with E-state index in [1.54, 1.807) is 37.2 Å². The molecule has 0 atom stereocenters. The standard InChI is InChI=1S/C25H21F3N2O4/c1-15(32)34-22-13-12-21(20(14-31)23(22)30(2)3)29-24(33)19-7-5-4-6-18(19)16-8-10-17(11-9-16)25(26,27)28/h4-14H,1-3H3,(H,29,33). The van der Waals surface area contributed by atoms with Crippen LogP contribution in [0.4, 0.5) is 24.5 Å². The number of amides is 1. The molecule has 0 aliphatic heterocycles. The van der Waals surface area contributed by atoms with Gasteiger partial charge in [-0.05, 0) is 41.5 Å². The maximum absolute atomic E-state index is 13.1. The number of anilines is 2. The van der Waals surface area contributed by atoms with Crippen molar-refractivity contribution in [2.24, 2.45) is 0 Å². The van der Waals surface area contributed by atoms with Crippen LogP contribution in [0.25, 0.3) is 11.1 Å². The quantitative estimate of drug-likeness (QED) is 0.296. The van der Waals surface area contributed by atoms with Crippen LogP contribution in [0.1, 0.15) is 33.2 Å². The Morgan fingerprint density at radius 1 is 0.971 bits per heavy atom. The molecule has 3 rings (SSSR count). The zero-order chi connectivity index (χ0) is 25.0. The highest BCUT2D eigenvalue weighted by molar-refractivity contribution is 6.11. The molecule has 0 bridgehead atoms. The van der Waals surface area contributed by atoms with E-state index < -0.39 is 23.6 Å². The second-order valence-corrected chi connectivity index (χ2v) is 7.55. The second-order valence-electron chi connectivity index (χ2n) is 7.55. The topological polar surface area (TPSA) is 75.7 Å². The van der Waals surface area contributed by atoms with E-state index in [0.717, 1.165) is 12.1 Å². The van der Waals surface area contributed by atoms with Crippen molar-refractivity contribution < 1.29 is 32.3 Å². The number of aldehydes is 1. The first-order valence-corrected chi connectivity index (χ1v) is 10.1. The molecule has 0 aromatic heterocycles. The van der Waals surface area contributed by atoms with Crippen molar-refractivity contribution in [1.29, 1.82) is 0 Å². The average molecular weight is 470 g/mol. The molecule has 9 heteroatoms. The number of alkyl halides is 3. The Kier molecular flexibility index (Phi) is 7.05. The van der Waals surface area contributed by atoms with Gasteiger partial charge in [-0.2, -0.15) is 13.2 Å². The number of benzene rings is 3. The molecule has 176 valence electrons. The van der Waals surface area contributed by atoms with E-state index in [1.165, 1.54) is 37.3 Å². The molecular formula is C25H21F3N2O4. The third-order valence-corrected chi connectivity index (χ3v) is 4.94. The zero-order valence-electron chi connectivity index (χ0n) is 18.6. The molecule has 3 aromatic carbocycles. The number of nitrogens with one attached hydrogen (secondary N) is 1. The maximum Gasteiger partial charge on any atom is 0.416 e. The fourth-order valence-electron chi connectivity index (χ4n) is 3.48. The van der Waals surface area contributed by atoms with E-state index >= 15 is 0 Å². The van der Waals surface area contributed by atoms with Crippen molar-refractivity contribution in [3.05, 3.63) is 77.4 Å². The number of hydrogen-bond acceptors (Lipinski definition) is 5. The van der Waals surface area contributed by atoms with E-state index in [-0.39, 0.29) is 22.6 Å². The molecule has 1 amide bonds. The molecule has 6 nitrogen and oxygen atoms in total. The maximum atomic E-state index is 13.1. The first kappa shape index (κ1) is 24.5. The van der Waals surface area contributed by atoms with Gasteiger partial charge in [-0.1, -0.05) is 30.3 Å². The van der Waals surface area contributed by atoms with Crippen LogP contribution in [0.3, 0.4) is 0 Å². The van der Waals surface area contributed by atoms with Gasteiger partial charge in [0.2, 0.25) is 0 Å². The Morgan fingerprint density at radius 3 is 2.18 bits per heavy atom. The fourth-order valence-corrected chi connectivity index (χ4v) is 3.48. The summed E-state index contributed by atoms with van der Waals surface area (Å²) in [5, 5.41) is 2.68. The molecule has 0 heterocycles. The van der Waals surface area contributed by atoms with Gasteiger partial charge in [0.25, 0.3) is 5.91 Å². The summed E-state index contributed by atoms with van der Waals surface area (Å²) in [5.41, 5.74) is 0.844. The summed E-state index contributed by atoms with van der Waals surface area (Å²) in [4.78, 5) is 38.0. The SMILES string of the molecule is CC(=O)Oc1ccc(NC(=O)c2ccccc2-c2ccc(C(F)(F)F)cc2)c(C=O)c1N(C)C. The Morgan fingerprint density at radius 2 is 1.62 bits per heavy atom. The van der Waals surface area contributed by atoms with Gasteiger partial charge in [0, 0.05) is 26.6 Å². The molecular weight excluding hydrogens is 449 g/mol. The third kappa shape index (κ3) is 5.25. The van der Waals surface area contributed by atoms with Crippen molar-refractivity contribution in [2.75, 3.05) is 24.3 Å². The molecule has 0 radical (unpaired) electrons. The molecule has 0 saturated carbocycles. The van der Waals surface area contributed by atoms with Gasteiger partial charge < -0.3 is 15.0 Å². The van der Waals surface area contributed by atoms with Gasteiger partial charge in [-0.15, -0.1) is 0 Å². The first-order chi connectivity index (χ1) is 16.0. The number of hydrogen-bond donors (Lipinski definition) is 1. The summed E-state index contributed by atoms with van der Waals surface area (Å²) in [5.74, 6) is -0.978. The number of carbonyl (C=O) groups is 3. The van der Waals surface area contributed by atoms with E-state index in [0.29, 0.717) is 23.1 Å². The molecule has 0 aliphatic carbocycles. The molecule has 0 fully saturated rings. The lowest BCUT2D eigenvalue weighted by Crippen LogP contribution is -2.18. The zero-order valence-corrected chi connectivity index (χ0v) is 18.6. The molecule has 0 spiro atoms. The number of esters is 1. The minimum atomic E-state index is -4.47. The van der Waals surface area contributed by atoms with E-state index in [1.807, 2.05) is 0 Å². The lowest BCUT2D eigenvalue weighted by atomic mass is 9.98. The second kappa shape index (κ2) is 9.78. The van der Waals surface area contributed by atoms with Crippen LogP contribution in [-0.2, 0) is 11.0 Å². The molecule has 1 N–H and O–H groups in total. The van der Waals surface area contributed by atoms with Crippen LogP contribution in [0.2, 0.25) is 0 Å². The molecule has 3 aromatic rings. The van der Waals surface area contributed by atoms with E-state index in [2.05, 4.69) is 5.32 Å². The normalized spacial score (nSPS) is 11.0. The highest BCUT2D eigenvalue weighted by Crippen LogP contribution is 2.36.